The van der Waals surface area contributed by atoms with Gasteiger partial charge in [-0.1, -0.05) is 18.2 Å². The number of nitrogens with one attached hydrogen (secondary N) is 1. The van der Waals surface area contributed by atoms with E-state index in [2.05, 4.69) is 5.32 Å². The lowest BCUT2D eigenvalue weighted by Crippen LogP contribution is -2.49. The Balaban J connectivity index is 1.52. The van der Waals surface area contributed by atoms with E-state index in [0.29, 0.717) is 42.8 Å². The fourth-order valence-electron chi connectivity index (χ4n) is 3.56. The Labute approximate surface area is 170 Å². The number of rotatable bonds is 6. The van der Waals surface area contributed by atoms with E-state index in [4.69, 9.17) is 4.74 Å². The Morgan fingerprint density at radius 1 is 0.966 bits per heavy atom. The van der Waals surface area contributed by atoms with Gasteiger partial charge in [0.05, 0.1) is 7.11 Å². The summed E-state index contributed by atoms with van der Waals surface area (Å²) in [6, 6.07) is 15.3. The minimum atomic E-state index is -0.614. The van der Waals surface area contributed by atoms with E-state index in [1.807, 2.05) is 6.07 Å². The molecule has 0 bridgehead atoms. The van der Waals surface area contributed by atoms with E-state index < -0.39 is 6.04 Å². The fourth-order valence-corrected chi connectivity index (χ4v) is 3.56. The Hall–Kier alpha value is -3.15. The average molecular weight is 394 g/mol. The van der Waals surface area contributed by atoms with E-state index in [9.17, 15) is 14.4 Å². The number of hydrogen-bond donors (Lipinski definition) is 1. The van der Waals surface area contributed by atoms with E-state index in [0.717, 1.165) is 0 Å². The number of methoxy groups -OCH3 is 1. The topological polar surface area (TPSA) is 75.7 Å². The summed E-state index contributed by atoms with van der Waals surface area (Å²) in [5.74, 6) is 0.334. The number of carbonyl (C=O) groups is 3. The molecule has 2 amide bonds. The highest BCUT2D eigenvalue weighted by atomic mass is 16.5. The maximum absolute atomic E-state index is 12.7. The van der Waals surface area contributed by atoms with Crippen LogP contribution in [0, 0.1) is 5.92 Å². The van der Waals surface area contributed by atoms with Gasteiger partial charge in [-0.15, -0.1) is 0 Å². The van der Waals surface area contributed by atoms with Crippen LogP contribution in [0.25, 0.3) is 0 Å². The number of amides is 2. The average Bonchev–Trinajstić information content (AvgIpc) is 2.78. The molecule has 0 spiro atoms. The molecule has 0 aliphatic carbocycles. The van der Waals surface area contributed by atoms with Crippen LogP contribution in [-0.4, -0.2) is 48.7 Å². The Morgan fingerprint density at radius 2 is 1.59 bits per heavy atom. The normalized spacial score (nSPS) is 15.4. The molecule has 152 valence electrons. The molecule has 1 aliphatic rings. The van der Waals surface area contributed by atoms with Crippen LogP contribution in [0.15, 0.2) is 54.6 Å². The number of carbonyl (C=O) groups excluding carboxylic acids is 3. The Bertz CT molecular complexity index is 856. The molecule has 6 heteroatoms. The first kappa shape index (κ1) is 20.6. The van der Waals surface area contributed by atoms with Crippen molar-refractivity contribution in [3.05, 3.63) is 65.7 Å². The van der Waals surface area contributed by atoms with Crippen LogP contribution in [0.3, 0.4) is 0 Å². The van der Waals surface area contributed by atoms with Gasteiger partial charge in [0.15, 0.2) is 5.78 Å². The Kier molecular flexibility index (Phi) is 6.65. The van der Waals surface area contributed by atoms with Gasteiger partial charge in [-0.05, 0) is 56.2 Å². The molecule has 0 saturated carbocycles. The lowest BCUT2D eigenvalue weighted by Gasteiger charge is -2.33. The van der Waals surface area contributed by atoms with Gasteiger partial charge in [-0.2, -0.15) is 0 Å². The number of nitrogens with zero attached hydrogens (tertiary/aromatic N) is 1. The van der Waals surface area contributed by atoms with Gasteiger partial charge >= 0.3 is 0 Å². The van der Waals surface area contributed by atoms with Crippen LogP contribution in [0.2, 0.25) is 0 Å². The Morgan fingerprint density at radius 3 is 2.17 bits per heavy atom. The molecule has 0 radical (unpaired) electrons. The van der Waals surface area contributed by atoms with Crippen molar-refractivity contribution < 1.29 is 19.1 Å². The summed E-state index contributed by atoms with van der Waals surface area (Å²) in [7, 11) is 1.59. The molecule has 1 saturated heterocycles. The summed E-state index contributed by atoms with van der Waals surface area (Å²) in [6.45, 7) is 2.71. The van der Waals surface area contributed by atoms with Gasteiger partial charge in [-0.25, -0.2) is 0 Å². The van der Waals surface area contributed by atoms with Crippen molar-refractivity contribution in [1.82, 2.24) is 10.2 Å². The second-order valence-electron chi connectivity index (χ2n) is 7.25. The molecule has 6 nitrogen and oxygen atoms in total. The van der Waals surface area contributed by atoms with Crippen molar-refractivity contribution in [2.45, 2.75) is 25.8 Å². The zero-order valence-electron chi connectivity index (χ0n) is 16.8. The number of hydrogen-bond acceptors (Lipinski definition) is 4. The number of ketones is 1. The van der Waals surface area contributed by atoms with Crippen LogP contribution in [-0.2, 0) is 4.79 Å². The second kappa shape index (κ2) is 9.37. The third kappa shape index (κ3) is 5.02. The van der Waals surface area contributed by atoms with Crippen molar-refractivity contribution in [2.24, 2.45) is 5.92 Å². The van der Waals surface area contributed by atoms with Crippen LogP contribution >= 0.6 is 0 Å². The van der Waals surface area contributed by atoms with Gasteiger partial charge < -0.3 is 15.0 Å². The second-order valence-corrected chi connectivity index (χ2v) is 7.25. The van der Waals surface area contributed by atoms with Gasteiger partial charge in [0, 0.05) is 30.1 Å². The lowest BCUT2D eigenvalue weighted by molar-refractivity contribution is -0.134. The highest BCUT2D eigenvalue weighted by Gasteiger charge is 2.30. The van der Waals surface area contributed by atoms with Crippen molar-refractivity contribution in [3.63, 3.8) is 0 Å². The molecule has 2 aromatic rings. The minimum Gasteiger partial charge on any atom is -0.497 e. The summed E-state index contributed by atoms with van der Waals surface area (Å²) in [5.41, 5.74) is 1.19. The van der Waals surface area contributed by atoms with Crippen molar-refractivity contribution >= 4 is 17.6 Å². The molecule has 29 heavy (non-hydrogen) atoms. The van der Waals surface area contributed by atoms with Gasteiger partial charge in [0.2, 0.25) is 5.91 Å². The number of benzene rings is 2. The first-order valence-electron chi connectivity index (χ1n) is 9.82. The van der Waals surface area contributed by atoms with Crippen LogP contribution in [0.1, 0.15) is 40.5 Å². The first-order valence-corrected chi connectivity index (χ1v) is 9.82. The summed E-state index contributed by atoms with van der Waals surface area (Å²) in [5, 5.41) is 2.75. The fraction of sp³-hybridized carbons (Fsp3) is 0.348. The van der Waals surface area contributed by atoms with Crippen molar-refractivity contribution in [3.8, 4) is 5.75 Å². The smallest absolute Gasteiger partial charge is 0.251 e. The monoisotopic (exact) mass is 394 g/mol. The summed E-state index contributed by atoms with van der Waals surface area (Å²) < 4.78 is 5.13. The molecule has 1 N–H and O–H groups in total. The largest absolute Gasteiger partial charge is 0.497 e. The van der Waals surface area contributed by atoms with E-state index in [-0.39, 0.29) is 23.5 Å². The predicted molar refractivity (Wildman–Crippen MR) is 110 cm³/mol. The molecule has 1 aliphatic heterocycles. The maximum Gasteiger partial charge on any atom is 0.251 e. The molecule has 1 fully saturated rings. The number of ether oxygens (including phenoxy) is 1. The molecule has 1 heterocycles. The SMILES string of the molecule is COc1ccc(C(=O)C2CCN(C(=O)C(C)NC(=O)c3ccccc3)CC2)cc1. The summed E-state index contributed by atoms with van der Waals surface area (Å²) >= 11 is 0. The van der Waals surface area contributed by atoms with E-state index >= 15 is 0 Å². The number of Topliss-reactive ketones (excluding diaryl/α,β-unsaturated/α-hetero) is 1. The predicted octanol–water partition coefficient (Wildman–Crippen LogP) is 2.94. The quantitative estimate of drug-likeness (QED) is 0.765. The molecule has 3 rings (SSSR count). The molecule has 1 atom stereocenters. The van der Waals surface area contributed by atoms with Crippen LogP contribution < -0.4 is 10.1 Å². The van der Waals surface area contributed by atoms with Gasteiger partial charge in [-0.3, -0.25) is 14.4 Å². The zero-order valence-corrected chi connectivity index (χ0v) is 16.8. The van der Waals surface area contributed by atoms with E-state index in [1.165, 1.54) is 0 Å². The van der Waals surface area contributed by atoms with Gasteiger partial charge in [0.1, 0.15) is 11.8 Å². The van der Waals surface area contributed by atoms with Crippen molar-refractivity contribution in [2.75, 3.05) is 20.2 Å². The van der Waals surface area contributed by atoms with E-state index in [1.54, 1.807) is 67.5 Å². The number of likely N-dealkylation sites (tertiary alicyclic amines) is 1. The molecule has 0 aromatic heterocycles. The molecular formula is C23H26N2O4. The van der Waals surface area contributed by atoms with Crippen LogP contribution in [0.5, 0.6) is 5.75 Å². The zero-order chi connectivity index (χ0) is 20.8. The first-order chi connectivity index (χ1) is 14.0. The highest BCUT2D eigenvalue weighted by molar-refractivity contribution is 5.99. The van der Waals surface area contributed by atoms with Gasteiger partial charge in [0.25, 0.3) is 5.91 Å². The third-order valence-corrected chi connectivity index (χ3v) is 5.31. The summed E-state index contributed by atoms with van der Waals surface area (Å²) in [6.07, 6.45) is 1.24. The summed E-state index contributed by atoms with van der Waals surface area (Å²) in [4.78, 5) is 39.4. The maximum atomic E-state index is 12.7. The lowest BCUT2D eigenvalue weighted by atomic mass is 9.88. The van der Waals surface area contributed by atoms with Crippen molar-refractivity contribution in [1.29, 1.82) is 0 Å². The molecule has 1 unspecified atom stereocenters. The minimum absolute atomic E-state index is 0.0957. The third-order valence-electron chi connectivity index (χ3n) is 5.31. The number of piperidine rings is 1. The molecular weight excluding hydrogens is 368 g/mol. The highest BCUT2D eigenvalue weighted by Crippen LogP contribution is 2.23. The van der Waals surface area contributed by atoms with Crippen LogP contribution in [0.4, 0.5) is 0 Å². The molecule has 2 aromatic carbocycles. The standard InChI is InChI=1S/C23H26N2O4/c1-16(24-22(27)19-6-4-3-5-7-19)23(28)25-14-12-18(13-15-25)21(26)17-8-10-20(29-2)11-9-17/h3-11,16,18H,12-15H2,1-2H3,(H,24,27).